The maximum atomic E-state index is 3.54. The Kier molecular flexibility index (Phi) is 3.12. The third kappa shape index (κ3) is 2.53. The van der Waals surface area contributed by atoms with E-state index in [-0.39, 0.29) is 0 Å². The fourth-order valence-electron chi connectivity index (χ4n) is 2.25. The number of rotatable bonds is 2. The Labute approximate surface area is 86.3 Å². The Balaban J connectivity index is 1.86. The van der Waals surface area contributed by atoms with Crippen molar-refractivity contribution in [1.82, 2.24) is 4.68 Å². The normalized spacial score (nSPS) is 28.4. The third-order valence-corrected chi connectivity index (χ3v) is 3.19. The fraction of sp³-hybridized carbons (Fsp3) is 0.667. The van der Waals surface area contributed by atoms with Crippen molar-refractivity contribution in [2.24, 2.45) is 5.92 Å². The summed E-state index contributed by atoms with van der Waals surface area (Å²) >= 11 is 0. The minimum atomic E-state index is 0.673. The molecule has 0 radical (unpaired) electrons. The molecule has 0 aromatic carbocycles. The molecule has 2 atom stereocenters. The van der Waals surface area contributed by atoms with E-state index < -0.39 is 0 Å². The van der Waals surface area contributed by atoms with Crippen LogP contribution in [0.3, 0.4) is 0 Å². The van der Waals surface area contributed by atoms with Crippen molar-refractivity contribution in [3.63, 3.8) is 0 Å². The van der Waals surface area contributed by atoms with Gasteiger partial charge in [0.2, 0.25) is 0 Å². The Morgan fingerprint density at radius 3 is 2.64 bits per heavy atom. The second-order valence-corrected chi connectivity index (χ2v) is 4.53. The summed E-state index contributed by atoms with van der Waals surface area (Å²) < 4.78 is 2.08. The topological polar surface area (TPSA) is 17.0 Å². The van der Waals surface area contributed by atoms with Gasteiger partial charge in [-0.2, -0.15) is 0 Å². The quantitative estimate of drug-likeness (QED) is 0.713. The Morgan fingerprint density at radius 2 is 1.86 bits per heavy atom. The second kappa shape index (κ2) is 4.54. The Bertz CT molecular complexity index is 253. The van der Waals surface area contributed by atoms with Crippen LogP contribution in [0.5, 0.6) is 0 Å². The standard InChI is InChI=1S/C12H20N2/c1-11-5-4-6-12(8-7-11)13-14-9-2-3-10-14/h2-3,9-13H,4-8H2,1H3. The fourth-order valence-corrected chi connectivity index (χ4v) is 2.25. The number of hydrogen-bond donors (Lipinski definition) is 1. The largest absolute Gasteiger partial charge is 0.323 e. The third-order valence-electron chi connectivity index (χ3n) is 3.19. The van der Waals surface area contributed by atoms with E-state index in [1.807, 2.05) is 0 Å². The van der Waals surface area contributed by atoms with Gasteiger partial charge in [-0.1, -0.05) is 19.8 Å². The lowest BCUT2D eigenvalue weighted by atomic mass is 10.0. The zero-order valence-electron chi connectivity index (χ0n) is 8.95. The first-order valence-corrected chi connectivity index (χ1v) is 5.74. The molecule has 14 heavy (non-hydrogen) atoms. The molecule has 2 heteroatoms. The second-order valence-electron chi connectivity index (χ2n) is 4.53. The van der Waals surface area contributed by atoms with Crippen LogP contribution >= 0.6 is 0 Å². The molecule has 0 aliphatic heterocycles. The van der Waals surface area contributed by atoms with Crippen molar-refractivity contribution in [3.8, 4) is 0 Å². The van der Waals surface area contributed by atoms with Crippen LogP contribution in [0.15, 0.2) is 24.5 Å². The molecule has 1 heterocycles. The lowest BCUT2D eigenvalue weighted by molar-refractivity contribution is 0.497. The minimum Gasteiger partial charge on any atom is -0.323 e. The molecule has 1 N–H and O–H groups in total. The number of nitrogens with zero attached hydrogens (tertiary/aromatic N) is 1. The van der Waals surface area contributed by atoms with Crippen molar-refractivity contribution in [3.05, 3.63) is 24.5 Å². The van der Waals surface area contributed by atoms with E-state index in [0.29, 0.717) is 6.04 Å². The molecule has 1 fully saturated rings. The van der Waals surface area contributed by atoms with E-state index in [0.717, 1.165) is 5.92 Å². The summed E-state index contributed by atoms with van der Waals surface area (Å²) in [6.07, 6.45) is 11.0. The molecule has 2 unspecified atom stereocenters. The molecule has 78 valence electrons. The molecule has 1 saturated carbocycles. The van der Waals surface area contributed by atoms with E-state index in [2.05, 4.69) is 41.6 Å². The molecule has 0 spiro atoms. The van der Waals surface area contributed by atoms with Crippen LogP contribution in [0.4, 0.5) is 0 Å². The molecule has 0 saturated heterocycles. The molecule has 0 bridgehead atoms. The first-order chi connectivity index (χ1) is 6.84. The van der Waals surface area contributed by atoms with E-state index in [9.17, 15) is 0 Å². The maximum Gasteiger partial charge on any atom is 0.0424 e. The Morgan fingerprint density at radius 1 is 1.07 bits per heavy atom. The smallest absolute Gasteiger partial charge is 0.0424 e. The highest BCUT2D eigenvalue weighted by molar-refractivity contribution is 4.95. The van der Waals surface area contributed by atoms with Crippen LogP contribution < -0.4 is 5.43 Å². The predicted octanol–water partition coefficient (Wildman–Crippen LogP) is 3.00. The number of aromatic nitrogens is 1. The van der Waals surface area contributed by atoms with E-state index >= 15 is 0 Å². The van der Waals surface area contributed by atoms with Gasteiger partial charge in [0.25, 0.3) is 0 Å². The highest BCUT2D eigenvalue weighted by atomic mass is 15.4. The van der Waals surface area contributed by atoms with Gasteiger partial charge in [0.05, 0.1) is 0 Å². The monoisotopic (exact) mass is 192 g/mol. The van der Waals surface area contributed by atoms with Crippen LogP contribution in [-0.2, 0) is 0 Å². The van der Waals surface area contributed by atoms with Gasteiger partial charge in [-0.25, -0.2) is 0 Å². The van der Waals surface area contributed by atoms with Gasteiger partial charge < -0.3 is 5.43 Å². The van der Waals surface area contributed by atoms with Gasteiger partial charge in [0.15, 0.2) is 0 Å². The van der Waals surface area contributed by atoms with Gasteiger partial charge in [0.1, 0.15) is 0 Å². The van der Waals surface area contributed by atoms with Crippen LogP contribution in [0.2, 0.25) is 0 Å². The molecule has 2 rings (SSSR count). The summed E-state index contributed by atoms with van der Waals surface area (Å²) in [7, 11) is 0. The van der Waals surface area contributed by atoms with Gasteiger partial charge in [-0.3, -0.25) is 4.68 Å². The zero-order valence-corrected chi connectivity index (χ0v) is 8.95. The lowest BCUT2D eigenvalue weighted by Crippen LogP contribution is -2.26. The molecule has 1 aliphatic rings. The molecular weight excluding hydrogens is 172 g/mol. The highest BCUT2D eigenvalue weighted by Gasteiger charge is 2.15. The molecule has 2 nitrogen and oxygen atoms in total. The average Bonchev–Trinajstić information content (AvgIpc) is 2.58. The van der Waals surface area contributed by atoms with Gasteiger partial charge in [-0.05, 0) is 37.3 Å². The minimum absolute atomic E-state index is 0.673. The number of nitrogens with one attached hydrogen (secondary N) is 1. The molecule has 1 aliphatic carbocycles. The van der Waals surface area contributed by atoms with Gasteiger partial charge >= 0.3 is 0 Å². The average molecular weight is 192 g/mol. The zero-order chi connectivity index (χ0) is 9.80. The molecule has 1 aromatic heterocycles. The van der Waals surface area contributed by atoms with Crippen LogP contribution in [0, 0.1) is 5.92 Å². The van der Waals surface area contributed by atoms with Crippen molar-refractivity contribution >= 4 is 0 Å². The van der Waals surface area contributed by atoms with Crippen LogP contribution in [-0.4, -0.2) is 10.7 Å². The summed E-state index contributed by atoms with van der Waals surface area (Å²) in [6.45, 7) is 2.37. The molecule has 0 amide bonds. The highest BCUT2D eigenvalue weighted by Crippen LogP contribution is 2.22. The SMILES string of the molecule is CC1CCCC(Nn2cccc2)CC1. The first kappa shape index (κ1) is 9.63. The summed E-state index contributed by atoms with van der Waals surface area (Å²) in [4.78, 5) is 0. The van der Waals surface area contributed by atoms with Crippen molar-refractivity contribution in [1.29, 1.82) is 0 Å². The van der Waals surface area contributed by atoms with Crippen LogP contribution in [0.1, 0.15) is 39.0 Å². The van der Waals surface area contributed by atoms with E-state index in [1.165, 1.54) is 32.1 Å². The first-order valence-electron chi connectivity index (χ1n) is 5.74. The van der Waals surface area contributed by atoms with E-state index in [4.69, 9.17) is 0 Å². The predicted molar refractivity (Wildman–Crippen MR) is 59.8 cm³/mol. The van der Waals surface area contributed by atoms with Crippen molar-refractivity contribution in [2.45, 2.75) is 45.1 Å². The van der Waals surface area contributed by atoms with Gasteiger partial charge in [0, 0.05) is 18.4 Å². The summed E-state index contributed by atoms with van der Waals surface area (Å²) in [5.41, 5.74) is 3.54. The number of hydrogen-bond acceptors (Lipinski definition) is 1. The summed E-state index contributed by atoms with van der Waals surface area (Å²) in [6, 6.07) is 4.80. The van der Waals surface area contributed by atoms with E-state index in [1.54, 1.807) is 0 Å². The summed E-state index contributed by atoms with van der Waals surface area (Å²) in [5, 5.41) is 0. The molecular formula is C12H20N2. The molecule has 1 aromatic rings. The van der Waals surface area contributed by atoms with Gasteiger partial charge in [-0.15, -0.1) is 0 Å². The Hall–Kier alpha value is -0.920. The van der Waals surface area contributed by atoms with Crippen molar-refractivity contribution < 1.29 is 0 Å². The van der Waals surface area contributed by atoms with Crippen molar-refractivity contribution in [2.75, 3.05) is 5.43 Å². The summed E-state index contributed by atoms with van der Waals surface area (Å²) in [5.74, 6) is 0.923. The van der Waals surface area contributed by atoms with Crippen LogP contribution in [0.25, 0.3) is 0 Å². The lowest BCUT2D eigenvalue weighted by Gasteiger charge is -2.18. The maximum absolute atomic E-state index is 3.54.